The molecule has 0 aliphatic carbocycles. The summed E-state index contributed by atoms with van der Waals surface area (Å²) in [4.78, 5) is 6.48. The summed E-state index contributed by atoms with van der Waals surface area (Å²) >= 11 is 0. The lowest BCUT2D eigenvalue weighted by Gasteiger charge is -2.34. The van der Waals surface area contributed by atoms with Gasteiger partial charge in [-0.3, -0.25) is 9.88 Å². The van der Waals surface area contributed by atoms with Crippen LogP contribution in [0.4, 0.5) is 0 Å². The van der Waals surface area contributed by atoms with E-state index in [1.807, 2.05) is 12.1 Å². The first-order chi connectivity index (χ1) is 8.19. The van der Waals surface area contributed by atoms with E-state index in [0.29, 0.717) is 12.5 Å². The van der Waals surface area contributed by atoms with E-state index in [-0.39, 0.29) is 6.10 Å². The van der Waals surface area contributed by atoms with Gasteiger partial charge in [0, 0.05) is 25.8 Å². The van der Waals surface area contributed by atoms with Crippen LogP contribution in [0.2, 0.25) is 0 Å². The molecule has 3 N–H and O–H groups in total. The fraction of sp³-hybridized carbons (Fsp3) is 0.615. The fourth-order valence-electron chi connectivity index (χ4n) is 2.25. The predicted molar refractivity (Wildman–Crippen MR) is 67.2 cm³/mol. The first kappa shape index (κ1) is 12.5. The summed E-state index contributed by atoms with van der Waals surface area (Å²) in [6, 6.07) is 4.06. The maximum Gasteiger partial charge on any atom is 0.0693 e. The molecular formula is C13H21N3O. The minimum absolute atomic E-state index is 0.195. The number of rotatable bonds is 3. The van der Waals surface area contributed by atoms with Gasteiger partial charge in [-0.05, 0) is 36.6 Å². The van der Waals surface area contributed by atoms with Crippen molar-refractivity contribution in [1.82, 2.24) is 9.88 Å². The van der Waals surface area contributed by atoms with E-state index in [0.717, 1.165) is 31.7 Å². The van der Waals surface area contributed by atoms with Gasteiger partial charge in [0.25, 0.3) is 0 Å². The molecule has 1 aromatic heterocycles. The highest BCUT2D eigenvalue weighted by molar-refractivity contribution is 5.16. The van der Waals surface area contributed by atoms with Crippen molar-refractivity contribution in [3.8, 4) is 0 Å². The third kappa shape index (κ3) is 3.25. The summed E-state index contributed by atoms with van der Waals surface area (Å²) in [6.07, 6.45) is 2.68. The predicted octanol–water partition coefficient (Wildman–Crippen LogP) is 0.743. The van der Waals surface area contributed by atoms with Crippen LogP contribution >= 0.6 is 0 Å². The topological polar surface area (TPSA) is 62.4 Å². The Morgan fingerprint density at radius 3 is 3.12 bits per heavy atom. The van der Waals surface area contributed by atoms with Crippen LogP contribution in [0.1, 0.15) is 24.6 Å². The summed E-state index contributed by atoms with van der Waals surface area (Å²) in [7, 11) is 0. The standard InChI is InChI=1S/C13H21N3O/c1-10-3-5-16(9-13(10)17)8-11-2-4-15-12(6-11)7-14/h2,4,6,10,13,17H,3,5,7-9,14H2,1H3. The zero-order chi connectivity index (χ0) is 12.3. The van der Waals surface area contributed by atoms with Crippen molar-refractivity contribution >= 4 is 0 Å². The van der Waals surface area contributed by atoms with Crippen LogP contribution in [-0.4, -0.2) is 34.2 Å². The maximum absolute atomic E-state index is 9.85. The van der Waals surface area contributed by atoms with Crippen molar-refractivity contribution in [2.75, 3.05) is 13.1 Å². The van der Waals surface area contributed by atoms with Gasteiger partial charge in [-0.1, -0.05) is 6.92 Å². The lowest BCUT2D eigenvalue weighted by molar-refractivity contribution is 0.0259. The molecule has 2 heterocycles. The minimum atomic E-state index is -0.195. The van der Waals surface area contributed by atoms with Gasteiger partial charge in [-0.2, -0.15) is 0 Å². The van der Waals surface area contributed by atoms with Crippen molar-refractivity contribution in [3.05, 3.63) is 29.6 Å². The lowest BCUT2D eigenvalue weighted by atomic mass is 9.96. The number of aliphatic hydroxyl groups excluding tert-OH is 1. The van der Waals surface area contributed by atoms with Crippen LogP contribution in [0, 0.1) is 5.92 Å². The van der Waals surface area contributed by atoms with Crippen molar-refractivity contribution in [2.45, 2.75) is 32.5 Å². The van der Waals surface area contributed by atoms with Crippen LogP contribution in [0.3, 0.4) is 0 Å². The monoisotopic (exact) mass is 235 g/mol. The molecule has 1 aliphatic rings. The lowest BCUT2D eigenvalue weighted by Crippen LogP contribution is -2.42. The smallest absolute Gasteiger partial charge is 0.0693 e. The number of β-amino-alcohol motifs (C(OH)–C–C–N with tert-alkyl or cyclic N) is 1. The number of aliphatic hydroxyl groups is 1. The van der Waals surface area contributed by atoms with E-state index in [9.17, 15) is 5.11 Å². The average Bonchev–Trinajstić information content (AvgIpc) is 2.34. The van der Waals surface area contributed by atoms with Crippen LogP contribution in [0.15, 0.2) is 18.3 Å². The van der Waals surface area contributed by atoms with E-state index in [1.165, 1.54) is 5.56 Å². The molecule has 0 aromatic carbocycles. The summed E-state index contributed by atoms with van der Waals surface area (Å²) in [6.45, 7) is 5.29. The molecule has 0 radical (unpaired) electrons. The van der Waals surface area contributed by atoms with Gasteiger partial charge in [0.2, 0.25) is 0 Å². The number of nitrogens with zero attached hydrogens (tertiary/aromatic N) is 2. The second-order valence-corrected chi connectivity index (χ2v) is 4.93. The second kappa shape index (κ2) is 5.58. The van der Waals surface area contributed by atoms with Gasteiger partial charge in [0.15, 0.2) is 0 Å². The van der Waals surface area contributed by atoms with Crippen molar-refractivity contribution < 1.29 is 5.11 Å². The molecule has 2 rings (SSSR count). The molecule has 4 nitrogen and oxygen atoms in total. The molecule has 2 atom stereocenters. The Balaban J connectivity index is 1.96. The van der Waals surface area contributed by atoms with E-state index in [1.54, 1.807) is 6.20 Å². The zero-order valence-corrected chi connectivity index (χ0v) is 10.3. The highest BCUT2D eigenvalue weighted by atomic mass is 16.3. The first-order valence-electron chi connectivity index (χ1n) is 6.23. The number of hydrogen-bond donors (Lipinski definition) is 2. The van der Waals surface area contributed by atoms with Crippen molar-refractivity contribution in [2.24, 2.45) is 11.7 Å². The van der Waals surface area contributed by atoms with E-state index < -0.39 is 0 Å². The SMILES string of the molecule is CC1CCN(Cc2ccnc(CN)c2)CC1O. The number of pyridine rings is 1. The molecule has 0 amide bonds. The Bertz CT molecular complexity index is 369. The molecule has 2 unspecified atom stereocenters. The Kier molecular flexibility index (Phi) is 4.10. The van der Waals surface area contributed by atoms with Gasteiger partial charge < -0.3 is 10.8 Å². The molecule has 1 fully saturated rings. The Morgan fingerprint density at radius 1 is 1.59 bits per heavy atom. The molecule has 0 spiro atoms. The number of nitrogens with two attached hydrogens (primary N) is 1. The molecule has 0 saturated carbocycles. The summed E-state index contributed by atoms with van der Waals surface area (Å²) < 4.78 is 0. The molecule has 0 bridgehead atoms. The van der Waals surface area contributed by atoms with Crippen LogP contribution in [-0.2, 0) is 13.1 Å². The van der Waals surface area contributed by atoms with E-state index in [2.05, 4.69) is 16.8 Å². The third-order valence-corrected chi connectivity index (χ3v) is 3.50. The molecule has 1 aromatic rings. The number of likely N-dealkylation sites (tertiary alicyclic amines) is 1. The number of piperidine rings is 1. The first-order valence-corrected chi connectivity index (χ1v) is 6.23. The molecule has 94 valence electrons. The van der Waals surface area contributed by atoms with Crippen LogP contribution in [0.25, 0.3) is 0 Å². The summed E-state index contributed by atoms with van der Waals surface area (Å²) in [5.41, 5.74) is 7.72. The molecular weight excluding hydrogens is 214 g/mol. The fourth-order valence-corrected chi connectivity index (χ4v) is 2.25. The molecule has 4 heteroatoms. The second-order valence-electron chi connectivity index (χ2n) is 4.93. The summed E-state index contributed by atoms with van der Waals surface area (Å²) in [5, 5.41) is 9.85. The van der Waals surface area contributed by atoms with Gasteiger partial charge in [0.05, 0.1) is 11.8 Å². The Morgan fingerprint density at radius 2 is 2.41 bits per heavy atom. The normalized spacial score (nSPS) is 26.1. The van der Waals surface area contributed by atoms with E-state index >= 15 is 0 Å². The van der Waals surface area contributed by atoms with Crippen molar-refractivity contribution in [3.63, 3.8) is 0 Å². The Hall–Kier alpha value is -0.970. The van der Waals surface area contributed by atoms with Gasteiger partial charge in [-0.25, -0.2) is 0 Å². The maximum atomic E-state index is 9.85. The largest absolute Gasteiger partial charge is 0.392 e. The van der Waals surface area contributed by atoms with Crippen LogP contribution in [0.5, 0.6) is 0 Å². The highest BCUT2D eigenvalue weighted by Crippen LogP contribution is 2.18. The van der Waals surface area contributed by atoms with Crippen molar-refractivity contribution in [1.29, 1.82) is 0 Å². The average molecular weight is 235 g/mol. The van der Waals surface area contributed by atoms with Gasteiger partial charge >= 0.3 is 0 Å². The summed E-state index contributed by atoms with van der Waals surface area (Å²) in [5.74, 6) is 0.420. The third-order valence-electron chi connectivity index (χ3n) is 3.50. The van der Waals surface area contributed by atoms with Gasteiger partial charge in [-0.15, -0.1) is 0 Å². The molecule has 1 aliphatic heterocycles. The Labute approximate surface area is 102 Å². The number of hydrogen-bond acceptors (Lipinski definition) is 4. The highest BCUT2D eigenvalue weighted by Gasteiger charge is 2.23. The molecule has 17 heavy (non-hydrogen) atoms. The minimum Gasteiger partial charge on any atom is -0.392 e. The van der Waals surface area contributed by atoms with Crippen LogP contribution < -0.4 is 5.73 Å². The van der Waals surface area contributed by atoms with E-state index in [4.69, 9.17) is 5.73 Å². The van der Waals surface area contributed by atoms with Gasteiger partial charge in [0.1, 0.15) is 0 Å². The number of aromatic nitrogens is 1. The zero-order valence-electron chi connectivity index (χ0n) is 10.3. The molecule has 1 saturated heterocycles. The quantitative estimate of drug-likeness (QED) is 0.811.